The van der Waals surface area contributed by atoms with E-state index in [0.717, 1.165) is 5.69 Å². The highest BCUT2D eigenvalue weighted by molar-refractivity contribution is 5.02. The van der Waals surface area contributed by atoms with Gasteiger partial charge in [-0.15, -0.1) is 0 Å². The summed E-state index contributed by atoms with van der Waals surface area (Å²) in [5, 5.41) is 8.33. The molecule has 0 aliphatic rings. The van der Waals surface area contributed by atoms with Gasteiger partial charge in [0.05, 0.1) is 6.07 Å². The van der Waals surface area contributed by atoms with Gasteiger partial charge in [-0.25, -0.2) is 5.84 Å². The van der Waals surface area contributed by atoms with E-state index >= 15 is 0 Å². The molecule has 0 amide bonds. The van der Waals surface area contributed by atoms with E-state index in [0.29, 0.717) is 6.42 Å². The Kier molecular flexibility index (Phi) is 1.86. The molecule has 0 radical (unpaired) electrons. The van der Waals surface area contributed by atoms with E-state index in [9.17, 15) is 0 Å². The Labute approximate surface area is 59.3 Å². The molecule has 1 heterocycles. The molecular weight excluding hydrogens is 126 g/mol. The quantitative estimate of drug-likeness (QED) is 0.425. The topological polar surface area (TPSA) is 53.7 Å². The molecule has 1 rings (SSSR count). The second kappa shape index (κ2) is 2.83. The van der Waals surface area contributed by atoms with Crippen LogP contribution in [0.1, 0.15) is 5.69 Å². The first-order valence-corrected chi connectivity index (χ1v) is 2.96. The lowest BCUT2D eigenvalue weighted by molar-refractivity contribution is -0.646. The Hall–Kier alpha value is -1.56. The van der Waals surface area contributed by atoms with Gasteiger partial charge in [0.25, 0.3) is 0 Å². The zero-order valence-corrected chi connectivity index (χ0v) is 5.49. The zero-order valence-electron chi connectivity index (χ0n) is 5.49. The van der Waals surface area contributed by atoms with Crippen molar-refractivity contribution in [1.29, 1.82) is 5.26 Å². The third kappa shape index (κ3) is 1.23. The highest BCUT2D eigenvalue weighted by Crippen LogP contribution is 1.88. The van der Waals surface area contributed by atoms with Crippen molar-refractivity contribution >= 4 is 0 Å². The van der Waals surface area contributed by atoms with E-state index < -0.39 is 0 Å². The Morgan fingerprint density at radius 1 is 1.60 bits per heavy atom. The van der Waals surface area contributed by atoms with Gasteiger partial charge in [0.15, 0.2) is 6.20 Å². The van der Waals surface area contributed by atoms with E-state index in [1.807, 2.05) is 24.3 Å². The molecule has 0 spiro atoms. The number of rotatable bonds is 1. The van der Waals surface area contributed by atoms with Crippen LogP contribution < -0.4 is 10.5 Å². The van der Waals surface area contributed by atoms with Crippen LogP contribution in [0, 0.1) is 11.3 Å². The monoisotopic (exact) mass is 134 g/mol. The minimum absolute atomic E-state index is 0.358. The van der Waals surface area contributed by atoms with Crippen molar-refractivity contribution in [3.8, 4) is 6.07 Å². The van der Waals surface area contributed by atoms with Crippen LogP contribution in [0.3, 0.4) is 0 Å². The first kappa shape index (κ1) is 6.56. The van der Waals surface area contributed by atoms with Crippen LogP contribution in [0.4, 0.5) is 0 Å². The van der Waals surface area contributed by atoms with Crippen LogP contribution in [-0.2, 0) is 6.42 Å². The second-order valence-corrected chi connectivity index (χ2v) is 1.93. The van der Waals surface area contributed by atoms with Gasteiger partial charge in [0.1, 0.15) is 6.42 Å². The summed E-state index contributed by atoms with van der Waals surface area (Å²) in [6, 6.07) is 7.52. The van der Waals surface area contributed by atoms with Crippen LogP contribution >= 0.6 is 0 Å². The molecule has 0 atom stereocenters. The van der Waals surface area contributed by atoms with E-state index in [4.69, 9.17) is 11.1 Å². The lowest BCUT2D eigenvalue weighted by Crippen LogP contribution is -2.47. The summed E-state index contributed by atoms with van der Waals surface area (Å²) in [4.78, 5) is 0. The van der Waals surface area contributed by atoms with Crippen molar-refractivity contribution in [3.63, 3.8) is 0 Å². The predicted molar refractivity (Wildman–Crippen MR) is 36.1 cm³/mol. The average molecular weight is 134 g/mol. The standard InChI is InChI=1S/C7H8N3/c8-5-4-7-3-1-2-6-10(7)9/h1-3,6H,4,9H2/q+1. The first-order valence-electron chi connectivity index (χ1n) is 2.96. The van der Waals surface area contributed by atoms with Crippen molar-refractivity contribution in [2.45, 2.75) is 6.42 Å². The molecule has 0 aliphatic carbocycles. The molecule has 0 saturated carbocycles. The van der Waals surface area contributed by atoms with Crippen LogP contribution in [0.15, 0.2) is 24.4 Å². The number of aromatic nitrogens is 1. The number of nitrogen functional groups attached to an aromatic ring is 1. The van der Waals surface area contributed by atoms with Crippen LogP contribution in [0.2, 0.25) is 0 Å². The van der Waals surface area contributed by atoms with Gasteiger partial charge < -0.3 is 0 Å². The van der Waals surface area contributed by atoms with Gasteiger partial charge in [0, 0.05) is 12.1 Å². The van der Waals surface area contributed by atoms with Crippen LogP contribution in [0.5, 0.6) is 0 Å². The largest absolute Gasteiger partial charge is 0.225 e. The van der Waals surface area contributed by atoms with E-state index in [1.165, 1.54) is 4.68 Å². The lowest BCUT2D eigenvalue weighted by Gasteiger charge is -1.89. The molecule has 3 heteroatoms. The van der Waals surface area contributed by atoms with Gasteiger partial charge in [-0.1, -0.05) is 4.68 Å². The molecular formula is C7H8N3+. The number of pyridine rings is 1. The molecule has 0 aromatic carbocycles. The Balaban J connectivity index is 2.94. The van der Waals surface area contributed by atoms with Gasteiger partial charge in [-0.3, -0.25) is 0 Å². The molecule has 1 aromatic rings. The number of nitrogens with two attached hydrogens (primary N) is 1. The SMILES string of the molecule is N#CCc1cccc[n+]1N. The second-order valence-electron chi connectivity index (χ2n) is 1.93. The van der Waals surface area contributed by atoms with Gasteiger partial charge in [0.2, 0.25) is 5.69 Å². The van der Waals surface area contributed by atoms with Crippen LogP contribution in [-0.4, -0.2) is 0 Å². The number of nitrogens with zero attached hydrogens (tertiary/aromatic N) is 2. The van der Waals surface area contributed by atoms with Crippen molar-refractivity contribution in [2.75, 3.05) is 5.84 Å². The maximum atomic E-state index is 8.33. The molecule has 0 saturated heterocycles. The molecule has 2 N–H and O–H groups in total. The smallest absolute Gasteiger partial charge is 0.205 e. The van der Waals surface area contributed by atoms with E-state index in [-0.39, 0.29) is 0 Å². The Morgan fingerprint density at radius 2 is 2.40 bits per heavy atom. The van der Waals surface area contributed by atoms with E-state index in [1.54, 1.807) is 6.20 Å². The fourth-order valence-corrected chi connectivity index (χ4v) is 0.722. The summed E-state index contributed by atoms with van der Waals surface area (Å²) >= 11 is 0. The van der Waals surface area contributed by atoms with Gasteiger partial charge in [-0.2, -0.15) is 5.26 Å². The zero-order chi connectivity index (χ0) is 7.40. The minimum Gasteiger partial charge on any atom is -0.205 e. The fourth-order valence-electron chi connectivity index (χ4n) is 0.722. The first-order chi connectivity index (χ1) is 4.84. The molecule has 50 valence electrons. The third-order valence-corrected chi connectivity index (χ3v) is 1.24. The van der Waals surface area contributed by atoms with Crippen molar-refractivity contribution < 1.29 is 4.68 Å². The molecule has 0 fully saturated rings. The van der Waals surface area contributed by atoms with Crippen molar-refractivity contribution in [2.24, 2.45) is 0 Å². The van der Waals surface area contributed by atoms with E-state index in [2.05, 4.69) is 0 Å². The molecule has 10 heavy (non-hydrogen) atoms. The Morgan fingerprint density at radius 3 is 3.00 bits per heavy atom. The Bertz CT molecular complexity index is 262. The molecule has 0 bridgehead atoms. The number of hydrogen-bond acceptors (Lipinski definition) is 2. The summed E-state index contributed by atoms with van der Waals surface area (Å²) in [5.41, 5.74) is 0.824. The van der Waals surface area contributed by atoms with Crippen molar-refractivity contribution in [1.82, 2.24) is 0 Å². The van der Waals surface area contributed by atoms with Crippen molar-refractivity contribution in [3.05, 3.63) is 30.1 Å². The summed E-state index contributed by atoms with van der Waals surface area (Å²) in [6.45, 7) is 0. The maximum Gasteiger partial charge on any atom is 0.225 e. The number of nitriles is 1. The summed E-state index contributed by atoms with van der Waals surface area (Å²) in [6.07, 6.45) is 2.07. The fraction of sp³-hybridized carbons (Fsp3) is 0.143. The lowest BCUT2D eigenvalue weighted by atomic mass is 10.3. The molecule has 3 nitrogen and oxygen atoms in total. The van der Waals surface area contributed by atoms with Gasteiger partial charge >= 0.3 is 0 Å². The highest BCUT2D eigenvalue weighted by atomic mass is 15.3. The minimum atomic E-state index is 0.358. The molecule has 1 aromatic heterocycles. The highest BCUT2D eigenvalue weighted by Gasteiger charge is 2.02. The number of hydrogen-bond donors (Lipinski definition) is 1. The third-order valence-electron chi connectivity index (χ3n) is 1.24. The normalized spacial score (nSPS) is 8.70. The predicted octanol–water partition coefficient (Wildman–Crippen LogP) is -0.246. The molecule has 0 unspecified atom stereocenters. The average Bonchev–Trinajstić information content (AvgIpc) is 1.94. The summed E-state index contributed by atoms with van der Waals surface area (Å²) in [7, 11) is 0. The summed E-state index contributed by atoms with van der Waals surface area (Å²) in [5.74, 6) is 5.47. The maximum absolute atomic E-state index is 8.33. The van der Waals surface area contributed by atoms with Gasteiger partial charge in [-0.05, 0) is 6.07 Å². The van der Waals surface area contributed by atoms with Crippen LogP contribution in [0.25, 0.3) is 0 Å². The summed E-state index contributed by atoms with van der Waals surface area (Å²) < 4.78 is 1.45. The molecule has 0 aliphatic heterocycles.